The van der Waals surface area contributed by atoms with Crippen LogP contribution in [0.2, 0.25) is 0 Å². The Kier molecular flexibility index (Phi) is 2.71. The summed E-state index contributed by atoms with van der Waals surface area (Å²) in [5.41, 5.74) is 4.26. The van der Waals surface area contributed by atoms with Gasteiger partial charge in [0.2, 0.25) is 0 Å². The summed E-state index contributed by atoms with van der Waals surface area (Å²) >= 11 is 0. The minimum absolute atomic E-state index is 0.544. The van der Waals surface area contributed by atoms with Crippen molar-refractivity contribution in [3.63, 3.8) is 0 Å². The third-order valence-corrected chi connectivity index (χ3v) is 3.86. The molecule has 1 heterocycles. The van der Waals surface area contributed by atoms with Gasteiger partial charge in [-0.2, -0.15) is 0 Å². The highest BCUT2D eigenvalue weighted by atomic mass is 16.3. The van der Waals surface area contributed by atoms with Crippen LogP contribution in [0.15, 0.2) is 30.7 Å². The molecule has 3 rings (SSSR count). The number of aromatic nitrogens is 2. The van der Waals surface area contributed by atoms with Gasteiger partial charge in [-0.05, 0) is 43.4 Å². The normalized spacial score (nSPS) is 16.8. The maximum absolute atomic E-state index is 10.6. The van der Waals surface area contributed by atoms with Gasteiger partial charge in [-0.25, -0.2) is 4.98 Å². The number of aliphatic hydroxyl groups is 1. The fourth-order valence-electron chi connectivity index (χ4n) is 2.41. The van der Waals surface area contributed by atoms with Crippen LogP contribution in [-0.4, -0.2) is 14.7 Å². The molecule has 94 valence electrons. The van der Waals surface area contributed by atoms with Crippen molar-refractivity contribution < 1.29 is 5.11 Å². The number of benzene rings is 1. The number of rotatable bonds is 3. The van der Waals surface area contributed by atoms with Crippen LogP contribution >= 0.6 is 0 Å². The molecule has 1 atom stereocenters. The average Bonchev–Trinajstić information content (AvgIpc) is 3.09. The van der Waals surface area contributed by atoms with E-state index in [1.165, 1.54) is 18.4 Å². The molecule has 0 bridgehead atoms. The van der Waals surface area contributed by atoms with E-state index in [4.69, 9.17) is 0 Å². The van der Waals surface area contributed by atoms with Crippen LogP contribution in [-0.2, 0) is 0 Å². The summed E-state index contributed by atoms with van der Waals surface area (Å²) in [5.74, 6) is 0. The van der Waals surface area contributed by atoms with Crippen LogP contribution in [0, 0.1) is 13.8 Å². The Morgan fingerprint density at radius 1 is 1.33 bits per heavy atom. The van der Waals surface area contributed by atoms with E-state index < -0.39 is 6.10 Å². The van der Waals surface area contributed by atoms with Crippen molar-refractivity contribution in [2.75, 3.05) is 0 Å². The van der Waals surface area contributed by atoms with Crippen LogP contribution in [0.1, 0.15) is 47.4 Å². The Morgan fingerprint density at radius 2 is 2.11 bits per heavy atom. The number of aryl methyl sites for hydroxylation is 1. The van der Waals surface area contributed by atoms with Crippen molar-refractivity contribution >= 4 is 0 Å². The fraction of sp³-hybridized carbons (Fsp3) is 0.400. The van der Waals surface area contributed by atoms with E-state index in [-0.39, 0.29) is 0 Å². The first kappa shape index (κ1) is 11.5. The van der Waals surface area contributed by atoms with Gasteiger partial charge in [0.05, 0.1) is 18.2 Å². The molecular weight excluding hydrogens is 224 g/mol. The van der Waals surface area contributed by atoms with E-state index in [1.54, 1.807) is 6.20 Å². The molecule has 1 unspecified atom stereocenters. The predicted octanol–water partition coefficient (Wildman–Crippen LogP) is 2.92. The number of hydrogen-bond donors (Lipinski definition) is 1. The highest BCUT2D eigenvalue weighted by Gasteiger charge is 2.28. The molecule has 18 heavy (non-hydrogen) atoms. The molecule has 1 aromatic carbocycles. The Hall–Kier alpha value is -1.61. The second kappa shape index (κ2) is 4.25. The Morgan fingerprint density at radius 3 is 2.83 bits per heavy atom. The highest BCUT2D eigenvalue weighted by molar-refractivity contribution is 5.37. The van der Waals surface area contributed by atoms with Crippen LogP contribution in [0.4, 0.5) is 0 Å². The molecule has 3 heteroatoms. The van der Waals surface area contributed by atoms with Gasteiger partial charge >= 0.3 is 0 Å². The van der Waals surface area contributed by atoms with Gasteiger partial charge in [0.15, 0.2) is 0 Å². The fourth-order valence-corrected chi connectivity index (χ4v) is 2.41. The van der Waals surface area contributed by atoms with Gasteiger partial charge in [-0.3, -0.25) is 0 Å². The Balaban J connectivity index is 2.00. The van der Waals surface area contributed by atoms with Crippen molar-refractivity contribution in [1.29, 1.82) is 0 Å². The molecule has 1 saturated carbocycles. The number of imidazole rings is 1. The van der Waals surface area contributed by atoms with Gasteiger partial charge < -0.3 is 9.67 Å². The topological polar surface area (TPSA) is 38.1 Å². The van der Waals surface area contributed by atoms with Gasteiger partial charge in [0.1, 0.15) is 6.10 Å². The third-order valence-electron chi connectivity index (χ3n) is 3.86. The summed E-state index contributed by atoms with van der Waals surface area (Å²) in [7, 11) is 0. The molecule has 0 amide bonds. The van der Waals surface area contributed by atoms with Crippen molar-refractivity contribution in [2.24, 2.45) is 0 Å². The predicted molar refractivity (Wildman–Crippen MR) is 70.5 cm³/mol. The number of hydrogen-bond acceptors (Lipinski definition) is 2. The standard InChI is InChI=1S/C15H18N2O/c1-10-4-3-5-13(11(10)2)15(18)14-8-16-9-17(14)12-6-7-12/h3-5,8-9,12,15,18H,6-7H2,1-2H3. The van der Waals surface area contributed by atoms with E-state index in [2.05, 4.69) is 29.5 Å². The van der Waals surface area contributed by atoms with Crippen molar-refractivity contribution in [2.45, 2.75) is 38.8 Å². The van der Waals surface area contributed by atoms with Crippen molar-refractivity contribution in [1.82, 2.24) is 9.55 Å². The van der Waals surface area contributed by atoms with E-state index >= 15 is 0 Å². The highest BCUT2D eigenvalue weighted by Crippen LogP contribution is 2.38. The molecule has 0 radical (unpaired) electrons. The Labute approximate surface area is 107 Å². The lowest BCUT2D eigenvalue weighted by molar-refractivity contribution is 0.209. The number of aliphatic hydroxyl groups excluding tert-OH is 1. The number of nitrogens with zero attached hydrogens (tertiary/aromatic N) is 2. The lowest BCUT2D eigenvalue weighted by Crippen LogP contribution is -2.09. The molecule has 1 fully saturated rings. The molecule has 0 aliphatic heterocycles. The molecule has 0 saturated heterocycles. The van der Waals surface area contributed by atoms with E-state index in [0.29, 0.717) is 6.04 Å². The maximum atomic E-state index is 10.6. The lowest BCUT2D eigenvalue weighted by Gasteiger charge is -2.17. The summed E-state index contributed by atoms with van der Waals surface area (Å²) in [5, 5.41) is 10.6. The smallest absolute Gasteiger partial charge is 0.121 e. The minimum atomic E-state index is -0.576. The van der Waals surface area contributed by atoms with Gasteiger partial charge in [-0.15, -0.1) is 0 Å². The van der Waals surface area contributed by atoms with Crippen LogP contribution in [0.3, 0.4) is 0 Å². The zero-order valence-corrected chi connectivity index (χ0v) is 10.8. The molecular formula is C15H18N2O. The molecule has 3 nitrogen and oxygen atoms in total. The van der Waals surface area contributed by atoms with Crippen LogP contribution in [0.25, 0.3) is 0 Å². The summed E-state index contributed by atoms with van der Waals surface area (Å²) < 4.78 is 2.12. The maximum Gasteiger partial charge on any atom is 0.121 e. The Bertz CT molecular complexity index is 570. The van der Waals surface area contributed by atoms with E-state index in [1.807, 2.05) is 18.5 Å². The average molecular weight is 242 g/mol. The van der Waals surface area contributed by atoms with Gasteiger partial charge in [0.25, 0.3) is 0 Å². The zero-order chi connectivity index (χ0) is 12.7. The summed E-state index contributed by atoms with van der Waals surface area (Å²) in [6.07, 6.45) is 5.44. The SMILES string of the molecule is Cc1cccc(C(O)c2cncn2C2CC2)c1C. The third kappa shape index (κ3) is 1.85. The molecule has 1 N–H and O–H groups in total. The van der Waals surface area contributed by atoms with Crippen molar-refractivity contribution in [3.8, 4) is 0 Å². The largest absolute Gasteiger partial charge is 0.382 e. The van der Waals surface area contributed by atoms with Crippen LogP contribution in [0.5, 0.6) is 0 Å². The second-order valence-electron chi connectivity index (χ2n) is 5.15. The van der Waals surface area contributed by atoms with Crippen molar-refractivity contribution in [3.05, 3.63) is 53.1 Å². The zero-order valence-electron chi connectivity index (χ0n) is 10.8. The minimum Gasteiger partial charge on any atom is -0.382 e. The molecule has 2 aromatic rings. The molecule has 1 aliphatic carbocycles. The second-order valence-corrected chi connectivity index (χ2v) is 5.15. The summed E-state index contributed by atoms with van der Waals surface area (Å²) in [4.78, 5) is 4.19. The van der Waals surface area contributed by atoms with Gasteiger partial charge in [-0.1, -0.05) is 18.2 Å². The first-order valence-electron chi connectivity index (χ1n) is 6.44. The van der Waals surface area contributed by atoms with E-state index in [9.17, 15) is 5.11 Å². The molecule has 0 spiro atoms. The first-order chi connectivity index (χ1) is 8.68. The monoisotopic (exact) mass is 242 g/mol. The lowest BCUT2D eigenvalue weighted by atomic mass is 9.97. The quantitative estimate of drug-likeness (QED) is 0.898. The van der Waals surface area contributed by atoms with Gasteiger partial charge in [0, 0.05) is 6.04 Å². The van der Waals surface area contributed by atoms with E-state index in [0.717, 1.165) is 16.8 Å². The van der Waals surface area contributed by atoms with Crippen LogP contribution < -0.4 is 0 Å². The summed E-state index contributed by atoms with van der Waals surface area (Å²) in [6.45, 7) is 4.13. The molecule has 1 aromatic heterocycles. The molecule has 1 aliphatic rings. The summed E-state index contributed by atoms with van der Waals surface area (Å²) in [6, 6.07) is 6.61. The first-order valence-corrected chi connectivity index (χ1v) is 6.44.